The van der Waals surface area contributed by atoms with Crippen LogP contribution in [-0.4, -0.2) is 15.1 Å². The van der Waals surface area contributed by atoms with Gasteiger partial charge in [-0.1, -0.05) is 0 Å². The van der Waals surface area contributed by atoms with E-state index in [-0.39, 0.29) is 5.75 Å². The lowest BCUT2D eigenvalue weighted by Crippen LogP contribution is -1.82. The Labute approximate surface area is 69.7 Å². The molecule has 0 saturated heterocycles. The molecule has 0 aliphatic heterocycles. The summed E-state index contributed by atoms with van der Waals surface area (Å²) < 4.78 is 0. The number of phenolic OH excluding ortho intramolecular Hbond substituents is 1. The van der Waals surface area contributed by atoms with Gasteiger partial charge in [0, 0.05) is 17.6 Å². The minimum atomic E-state index is 0.279. The van der Waals surface area contributed by atoms with Crippen molar-refractivity contribution in [1.82, 2.24) is 9.97 Å². The zero-order valence-electron chi connectivity index (χ0n) is 6.65. The molecular weight excluding hydrogens is 152 g/mol. The molecule has 0 amide bonds. The molecule has 0 radical (unpaired) electrons. The molecule has 0 atom stereocenters. The third-order valence-electron chi connectivity index (χ3n) is 1.82. The van der Waals surface area contributed by atoms with Crippen molar-refractivity contribution in [2.75, 3.05) is 0 Å². The molecule has 0 aliphatic rings. The highest BCUT2D eigenvalue weighted by Crippen LogP contribution is 2.21. The van der Waals surface area contributed by atoms with E-state index in [2.05, 4.69) is 9.97 Å². The smallest absolute Gasteiger partial charge is 0.120 e. The molecule has 0 bridgehead atoms. The molecule has 3 nitrogen and oxygen atoms in total. The van der Waals surface area contributed by atoms with Gasteiger partial charge >= 0.3 is 0 Å². The average Bonchev–Trinajstić information content (AvgIpc) is 2.07. The van der Waals surface area contributed by atoms with Gasteiger partial charge in [-0.2, -0.15) is 0 Å². The molecular formula is C9H8N2O. The SMILES string of the molecule is Cc1cc2cncnc2cc1O. The standard InChI is InChI=1S/C9H8N2O/c1-6-2-7-4-10-5-11-8(7)3-9(6)12/h2-5,12H,1H3. The van der Waals surface area contributed by atoms with E-state index in [1.165, 1.54) is 6.33 Å². The fourth-order valence-electron chi connectivity index (χ4n) is 1.13. The van der Waals surface area contributed by atoms with Crippen molar-refractivity contribution in [3.63, 3.8) is 0 Å². The molecule has 12 heavy (non-hydrogen) atoms. The van der Waals surface area contributed by atoms with Crippen molar-refractivity contribution in [3.05, 3.63) is 30.2 Å². The van der Waals surface area contributed by atoms with E-state index in [0.717, 1.165) is 16.5 Å². The molecule has 60 valence electrons. The number of hydrogen-bond donors (Lipinski definition) is 1. The fourth-order valence-corrected chi connectivity index (χ4v) is 1.13. The predicted octanol–water partition coefficient (Wildman–Crippen LogP) is 1.64. The molecule has 0 unspecified atom stereocenters. The van der Waals surface area contributed by atoms with Crippen molar-refractivity contribution >= 4 is 10.9 Å². The van der Waals surface area contributed by atoms with Gasteiger partial charge in [0.05, 0.1) is 5.52 Å². The van der Waals surface area contributed by atoms with E-state index < -0.39 is 0 Å². The van der Waals surface area contributed by atoms with Crippen molar-refractivity contribution in [3.8, 4) is 5.75 Å². The molecule has 0 saturated carbocycles. The van der Waals surface area contributed by atoms with E-state index >= 15 is 0 Å². The van der Waals surface area contributed by atoms with Gasteiger partial charge < -0.3 is 5.11 Å². The van der Waals surface area contributed by atoms with E-state index in [9.17, 15) is 5.11 Å². The number of benzene rings is 1. The molecule has 0 spiro atoms. The van der Waals surface area contributed by atoms with Crippen molar-refractivity contribution < 1.29 is 5.11 Å². The topological polar surface area (TPSA) is 46.0 Å². The lowest BCUT2D eigenvalue weighted by atomic mass is 10.1. The monoisotopic (exact) mass is 160 g/mol. The van der Waals surface area contributed by atoms with Crippen molar-refractivity contribution in [1.29, 1.82) is 0 Å². The summed E-state index contributed by atoms with van der Waals surface area (Å²) in [6.45, 7) is 1.85. The molecule has 2 rings (SSSR count). The van der Waals surface area contributed by atoms with Crippen LogP contribution in [0.15, 0.2) is 24.7 Å². The molecule has 1 N–H and O–H groups in total. The normalized spacial score (nSPS) is 10.4. The summed E-state index contributed by atoms with van der Waals surface area (Å²) >= 11 is 0. The number of phenols is 1. The number of nitrogens with zero attached hydrogens (tertiary/aromatic N) is 2. The van der Waals surface area contributed by atoms with Crippen molar-refractivity contribution in [2.45, 2.75) is 6.92 Å². The zero-order valence-corrected chi connectivity index (χ0v) is 6.65. The Kier molecular flexibility index (Phi) is 1.43. The third-order valence-corrected chi connectivity index (χ3v) is 1.82. The summed E-state index contributed by atoms with van der Waals surface area (Å²) in [5.74, 6) is 0.279. The summed E-state index contributed by atoms with van der Waals surface area (Å²) in [4.78, 5) is 7.90. The number of fused-ring (bicyclic) bond motifs is 1. The first kappa shape index (κ1) is 7.03. The van der Waals surface area contributed by atoms with Crippen LogP contribution in [-0.2, 0) is 0 Å². The van der Waals surface area contributed by atoms with E-state index in [4.69, 9.17) is 0 Å². The highest BCUT2D eigenvalue weighted by molar-refractivity contribution is 5.80. The van der Waals surface area contributed by atoms with Crippen molar-refractivity contribution in [2.24, 2.45) is 0 Å². The van der Waals surface area contributed by atoms with Crippen LogP contribution in [0.5, 0.6) is 5.75 Å². The number of aromatic nitrogens is 2. The average molecular weight is 160 g/mol. The zero-order chi connectivity index (χ0) is 8.55. The first-order valence-corrected chi connectivity index (χ1v) is 3.67. The number of rotatable bonds is 0. The van der Waals surface area contributed by atoms with Gasteiger partial charge in [-0.05, 0) is 18.6 Å². The first-order chi connectivity index (χ1) is 5.77. The van der Waals surface area contributed by atoms with Crippen LogP contribution in [0.25, 0.3) is 10.9 Å². The van der Waals surface area contributed by atoms with E-state index in [1.807, 2.05) is 13.0 Å². The summed E-state index contributed by atoms with van der Waals surface area (Å²) in [6, 6.07) is 3.51. The Morgan fingerprint density at radius 3 is 3.00 bits per heavy atom. The maximum absolute atomic E-state index is 9.36. The molecule has 0 aliphatic carbocycles. The maximum atomic E-state index is 9.36. The van der Waals surface area contributed by atoms with Crippen LogP contribution in [0.2, 0.25) is 0 Å². The second-order valence-corrected chi connectivity index (χ2v) is 2.72. The van der Waals surface area contributed by atoms with Gasteiger partial charge in [0.1, 0.15) is 12.1 Å². The third kappa shape index (κ3) is 0.993. The van der Waals surface area contributed by atoms with Crippen LogP contribution in [0.3, 0.4) is 0 Å². The lowest BCUT2D eigenvalue weighted by molar-refractivity contribution is 0.472. The molecule has 2 aromatic rings. The summed E-state index contributed by atoms with van der Waals surface area (Å²) in [7, 11) is 0. The Morgan fingerprint density at radius 1 is 1.33 bits per heavy atom. The minimum absolute atomic E-state index is 0.279. The number of aryl methyl sites for hydroxylation is 1. The Bertz CT molecular complexity index is 385. The molecule has 1 heterocycles. The van der Waals surface area contributed by atoms with Gasteiger partial charge in [-0.3, -0.25) is 0 Å². The number of hydrogen-bond acceptors (Lipinski definition) is 3. The Balaban J connectivity index is 2.84. The first-order valence-electron chi connectivity index (χ1n) is 3.67. The summed E-state index contributed by atoms with van der Waals surface area (Å²) in [5, 5.41) is 10.3. The van der Waals surface area contributed by atoms with Gasteiger partial charge in [0.25, 0.3) is 0 Å². The quantitative estimate of drug-likeness (QED) is 0.637. The van der Waals surface area contributed by atoms with E-state index in [1.54, 1.807) is 12.3 Å². The Hall–Kier alpha value is -1.64. The van der Waals surface area contributed by atoms with Gasteiger partial charge in [0.2, 0.25) is 0 Å². The second kappa shape index (κ2) is 2.44. The maximum Gasteiger partial charge on any atom is 0.120 e. The predicted molar refractivity (Wildman–Crippen MR) is 45.9 cm³/mol. The fraction of sp³-hybridized carbons (Fsp3) is 0.111. The van der Waals surface area contributed by atoms with Crippen LogP contribution < -0.4 is 0 Å². The Morgan fingerprint density at radius 2 is 2.17 bits per heavy atom. The summed E-state index contributed by atoms with van der Waals surface area (Å²) in [5.41, 5.74) is 1.62. The highest BCUT2D eigenvalue weighted by Gasteiger charge is 1.99. The molecule has 0 fully saturated rings. The molecule has 1 aromatic carbocycles. The van der Waals surface area contributed by atoms with Crippen LogP contribution in [0.4, 0.5) is 0 Å². The largest absolute Gasteiger partial charge is 0.508 e. The molecule has 3 heteroatoms. The molecule has 1 aromatic heterocycles. The highest BCUT2D eigenvalue weighted by atomic mass is 16.3. The van der Waals surface area contributed by atoms with Crippen LogP contribution in [0, 0.1) is 6.92 Å². The van der Waals surface area contributed by atoms with Crippen LogP contribution >= 0.6 is 0 Å². The van der Waals surface area contributed by atoms with E-state index in [0.29, 0.717) is 0 Å². The van der Waals surface area contributed by atoms with Crippen LogP contribution in [0.1, 0.15) is 5.56 Å². The second-order valence-electron chi connectivity index (χ2n) is 2.72. The minimum Gasteiger partial charge on any atom is -0.508 e. The van der Waals surface area contributed by atoms with Gasteiger partial charge in [-0.15, -0.1) is 0 Å². The van der Waals surface area contributed by atoms with Gasteiger partial charge in [0.15, 0.2) is 0 Å². The lowest BCUT2D eigenvalue weighted by Gasteiger charge is -1.99. The summed E-state index contributed by atoms with van der Waals surface area (Å²) in [6.07, 6.45) is 3.20. The van der Waals surface area contributed by atoms with Gasteiger partial charge in [-0.25, -0.2) is 9.97 Å². The number of aromatic hydroxyl groups is 1.